The molecule has 16 heavy (non-hydrogen) atoms. The van der Waals surface area contributed by atoms with E-state index in [1.54, 1.807) is 6.20 Å². The number of nitrogens with zero attached hydrogens (tertiary/aromatic N) is 4. The van der Waals surface area contributed by atoms with Crippen molar-refractivity contribution in [1.29, 1.82) is 0 Å². The highest BCUT2D eigenvalue weighted by Crippen LogP contribution is 2.14. The Hall–Kier alpha value is -1.16. The van der Waals surface area contributed by atoms with Crippen molar-refractivity contribution in [2.45, 2.75) is 26.3 Å². The summed E-state index contributed by atoms with van der Waals surface area (Å²) >= 11 is 0. The summed E-state index contributed by atoms with van der Waals surface area (Å²) < 4.78 is 0. The molecular weight excluding hydrogens is 200 g/mol. The molecule has 1 unspecified atom stereocenters. The Bertz CT molecular complexity index is 306. The molecule has 0 N–H and O–H groups in total. The first-order valence-corrected chi connectivity index (χ1v) is 6.08. The van der Waals surface area contributed by atoms with E-state index < -0.39 is 0 Å². The first kappa shape index (κ1) is 11.3. The van der Waals surface area contributed by atoms with Gasteiger partial charge in [-0.1, -0.05) is 6.92 Å². The maximum absolute atomic E-state index is 4.15. The summed E-state index contributed by atoms with van der Waals surface area (Å²) in [5.41, 5.74) is 0. The van der Waals surface area contributed by atoms with E-state index in [1.807, 2.05) is 12.1 Å². The molecule has 0 aliphatic carbocycles. The molecular formula is C12H20N4. The van der Waals surface area contributed by atoms with E-state index in [2.05, 4.69) is 33.8 Å². The van der Waals surface area contributed by atoms with Crippen molar-refractivity contribution in [1.82, 2.24) is 15.1 Å². The smallest absolute Gasteiger partial charge is 0.151 e. The summed E-state index contributed by atoms with van der Waals surface area (Å²) in [6, 6.07) is 4.68. The Morgan fingerprint density at radius 2 is 2.06 bits per heavy atom. The average Bonchev–Trinajstić information content (AvgIpc) is 2.39. The lowest BCUT2D eigenvalue weighted by Gasteiger charge is -2.38. The fourth-order valence-electron chi connectivity index (χ4n) is 2.11. The molecule has 1 fully saturated rings. The van der Waals surface area contributed by atoms with Gasteiger partial charge in [0.15, 0.2) is 5.82 Å². The molecule has 4 nitrogen and oxygen atoms in total. The molecule has 1 aromatic rings. The van der Waals surface area contributed by atoms with E-state index in [-0.39, 0.29) is 0 Å². The summed E-state index contributed by atoms with van der Waals surface area (Å²) in [5.74, 6) is 1.01. The van der Waals surface area contributed by atoms with Crippen LogP contribution in [0.5, 0.6) is 0 Å². The molecule has 0 bridgehead atoms. The van der Waals surface area contributed by atoms with Gasteiger partial charge in [-0.25, -0.2) is 0 Å². The third-order valence-corrected chi connectivity index (χ3v) is 3.41. The van der Waals surface area contributed by atoms with Gasteiger partial charge in [0.2, 0.25) is 0 Å². The first-order chi connectivity index (χ1) is 7.81. The van der Waals surface area contributed by atoms with Gasteiger partial charge in [-0.2, -0.15) is 5.10 Å². The lowest BCUT2D eigenvalue weighted by Crippen LogP contribution is -2.49. The van der Waals surface area contributed by atoms with E-state index in [0.29, 0.717) is 6.04 Å². The highest BCUT2D eigenvalue weighted by molar-refractivity contribution is 5.36. The fourth-order valence-corrected chi connectivity index (χ4v) is 2.11. The molecule has 0 amide bonds. The quantitative estimate of drug-likeness (QED) is 0.770. The Labute approximate surface area is 97.3 Å². The fraction of sp³-hybridized carbons (Fsp3) is 0.667. The minimum Gasteiger partial charge on any atom is -0.353 e. The van der Waals surface area contributed by atoms with Gasteiger partial charge in [-0.3, -0.25) is 4.90 Å². The van der Waals surface area contributed by atoms with Crippen molar-refractivity contribution in [3.05, 3.63) is 18.3 Å². The molecule has 1 aliphatic rings. The molecule has 0 spiro atoms. The van der Waals surface area contributed by atoms with Gasteiger partial charge in [0.05, 0.1) is 0 Å². The molecule has 88 valence electrons. The third kappa shape index (κ3) is 2.50. The molecule has 0 saturated carbocycles. The highest BCUT2D eigenvalue weighted by Gasteiger charge is 2.20. The second kappa shape index (κ2) is 5.25. The van der Waals surface area contributed by atoms with E-state index in [0.717, 1.165) is 32.0 Å². The van der Waals surface area contributed by atoms with Gasteiger partial charge in [0.1, 0.15) is 0 Å². The molecule has 1 saturated heterocycles. The maximum atomic E-state index is 4.15. The van der Waals surface area contributed by atoms with Crippen LogP contribution in [-0.4, -0.2) is 47.3 Å². The molecule has 0 aromatic carbocycles. The topological polar surface area (TPSA) is 32.3 Å². The van der Waals surface area contributed by atoms with Crippen LogP contribution in [0.25, 0.3) is 0 Å². The predicted octanol–water partition coefficient (Wildman–Crippen LogP) is 1.40. The minimum absolute atomic E-state index is 0.698. The Morgan fingerprint density at radius 3 is 2.62 bits per heavy atom. The van der Waals surface area contributed by atoms with Crippen molar-refractivity contribution in [2.24, 2.45) is 0 Å². The highest BCUT2D eigenvalue weighted by atomic mass is 15.3. The Morgan fingerprint density at radius 1 is 1.31 bits per heavy atom. The standard InChI is InChI=1S/C12H20N4/c1-3-11(2)15-7-9-16(10-8-15)12-5-4-6-13-14-12/h4-6,11H,3,7-10H2,1-2H3. The number of hydrogen-bond donors (Lipinski definition) is 0. The normalized spacial score (nSPS) is 19.8. The summed E-state index contributed by atoms with van der Waals surface area (Å²) in [5, 5.41) is 8.07. The molecule has 1 aromatic heterocycles. The van der Waals surface area contributed by atoms with Crippen LogP contribution in [0.2, 0.25) is 0 Å². The van der Waals surface area contributed by atoms with Gasteiger partial charge < -0.3 is 4.90 Å². The molecule has 2 heterocycles. The van der Waals surface area contributed by atoms with Gasteiger partial charge in [0.25, 0.3) is 0 Å². The van der Waals surface area contributed by atoms with E-state index >= 15 is 0 Å². The predicted molar refractivity (Wildman–Crippen MR) is 65.6 cm³/mol. The number of rotatable bonds is 3. The van der Waals surface area contributed by atoms with Gasteiger partial charge in [0, 0.05) is 38.4 Å². The Kier molecular flexibility index (Phi) is 3.72. The SMILES string of the molecule is CCC(C)N1CCN(c2cccnn2)CC1. The van der Waals surface area contributed by atoms with Crippen LogP contribution in [0.3, 0.4) is 0 Å². The summed E-state index contributed by atoms with van der Waals surface area (Å²) in [6.07, 6.45) is 2.95. The number of piperazine rings is 1. The molecule has 0 radical (unpaired) electrons. The number of hydrogen-bond acceptors (Lipinski definition) is 4. The number of anilines is 1. The van der Waals surface area contributed by atoms with Gasteiger partial charge in [-0.05, 0) is 25.5 Å². The van der Waals surface area contributed by atoms with E-state index in [9.17, 15) is 0 Å². The maximum Gasteiger partial charge on any atom is 0.151 e. The van der Waals surface area contributed by atoms with Crippen LogP contribution in [-0.2, 0) is 0 Å². The van der Waals surface area contributed by atoms with Gasteiger partial charge in [-0.15, -0.1) is 5.10 Å². The minimum atomic E-state index is 0.698. The lowest BCUT2D eigenvalue weighted by atomic mass is 10.2. The van der Waals surface area contributed by atoms with Crippen LogP contribution >= 0.6 is 0 Å². The van der Waals surface area contributed by atoms with Crippen LogP contribution in [0.1, 0.15) is 20.3 Å². The average molecular weight is 220 g/mol. The van der Waals surface area contributed by atoms with Crippen molar-refractivity contribution in [3.8, 4) is 0 Å². The zero-order valence-corrected chi connectivity index (χ0v) is 10.1. The van der Waals surface area contributed by atoms with Crippen LogP contribution in [0.15, 0.2) is 18.3 Å². The molecule has 2 rings (SSSR count). The van der Waals surface area contributed by atoms with Gasteiger partial charge >= 0.3 is 0 Å². The van der Waals surface area contributed by atoms with Crippen LogP contribution in [0.4, 0.5) is 5.82 Å². The molecule has 1 atom stereocenters. The number of aromatic nitrogens is 2. The molecule has 1 aliphatic heterocycles. The summed E-state index contributed by atoms with van der Waals surface area (Å²) in [4.78, 5) is 4.86. The second-order valence-electron chi connectivity index (χ2n) is 4.36. The third-order valence-electron chi connectivity index (χ3n) is 3.41. The zero-order valence-electron chi connectivity index (χ0n) is 10.1. The van der Waals surface area contributed by atoms with E-state index in [1.165, 1.54) is 6.42 Å². The first-order valence-electron chi connectivity index (χ1n) is 6.08. The molecule has 4 heteroatoms. The van der Waals surface area contributed by atoms with Crippen molar-refractivity contribution in [2.75, 3.05) is 31.1 Å². The lowest BCUT2D eigenvalue weighted by molar-refractivity contribution is 0.192. The monoisotopic (exact) mass is 220 g/mol. The van der Waals surface area contributed by atoms with E-state index in [4.69, 9.17) is 0 Å². The summed E-state index contributed by atoms with van der Waals surface area (Å²) in [7, 11) is 0. The largest absolute Gasteiger partial charge is 0.353 e. The second-order valence-corrected chi connectivity index (χ2v) is 4.36. The van der Waals surface area contributed by atoms with Crippen molar-refractivity contribution < 1.29 is 0 Å². The Balaban J connectivity index is 1.91. The van der Waals surface area contributed by atoms with Crippen molar-refractivity contribution >= 4 is 5.82 Å². The zero-order chi connectivity index (χ0) is 11.4. The van der Waals surface area contributed by atoms with Crippen molar-refractivity contribution in [3.63, 3.8) is 0 Å². The summed E-state index contributed by atoms with van der Waals surface area (Å²) in [6.45, 7) is 8.93. The van der Waals surface area contributed by atoms with Crippen LogP contribution < -0.4 is 4.90 Å². The van der Waals surface area contributed by atoms with Crippen LogP contribution in [0, 0.1) is 0 Å².